The van der Waals surface area contributed by atoms with Crippen molar-refractivity contribution in [3.8, 4) is 0 Å². The highest BCUT2D eigenvalue weighted by molar-refractivity contribution is 7.90. The lowest BCUT2D eigenvalue weighted by molar-refractivity contribution is 0.0690. The van der Waals surface area contributed by atoms with E-state index >= 15 is 0 Å². The van der Waals surface area contributed by atoms with Crippen molar-refractivity contribution < 1.29 is 18.3 Å². The first-order valence-corrected chi connectivity index (χ1v) is 9.57. The monoisotopic (exact) mass is 430 g/mol. The zero-order chi connectivity index (χ0) is 19.1. The minimum absolute atomic E-state index is 0.126. The Morgan fingerprint density at radius 3 is 2.42 bits per heavy atom. The van der Waals surface area contributed by atoms with E-state index in [0.717, 1.165) is 6.07 Å². The third-order valence-corrected chi connectivity index (χ3v) is 5.44. The SMILES string of the molecule is O=C(O)c1c/c(=N/S(=O)(=O)c2cccc(Cl)c2)c2c(Cl)cc(Cl)cc2[nH]1. The van der Waals surface area contributed by atoms with Gasteiger partial charge in [-0.2, -0.15) is 12.8 Å². The van der Waals surface area contributed by atoms with Gasteiger partial charge in [-0.25, -0.2) is 4.79 Å². The van der Waals surface area contributed by atoms with Crippen LogP contribution in [0.1, 0.15) is 10.5 Å². The molecule has 26 heavy (non-hydrogen) atoms. The number of benzene rings is 2. The first-order chi connectivity index (χ1) is 12.2. The Labute approximate surface area is 162 Å². The van der Waals surface area contributed by atoms with Crippen LogP contribution in [0.2, 0.25) is 15.1 Å². The molecule has 0 atom stereocenters. The van der Waals surface area contributed by atoms with Crippen molar-refractivity contribution in [1.29, 1.82) is 0 Å². The van der Waals surface area contributed by atoms with Crippen LogP contribution in [0.15, 0.2) is 51.8 Å². The summed E-state index contributed by atoms with van der Waals surface area (Å²) in [5, 5.41) is 9.96. The predicted molar refractivity (Wildman–Crippen MR) is 99.5 cm³/mol. The molecule has 3 rings (SSSR count). The molecular weight excluding hydrogens is 423 g/mol. The minimum Gasteiger partial charge on any atom is -0.477 e. The summed E-state index contributed by atoms with van der Waals surface area (Å²) in [4.78, 5) is 13.8. The number of carbonyl (C=O) groups is 1. The molecule has 134 valence electrons. The Morgan fingerprint density at radius 1 is 1.04 bits per heavy atom. The molecular formula is C16H9Cl3N2O4S. The second kappa shape index (κ2) is 6.92. The Bertz CT molecular complexity index is 1220. The number of pyridine rings is 1. The summed E-state index contributed by atoms with van der Waals surface area (Å²) >= 11 is 17.9. The number of hydrogen-bond donors (Lipinski definition) is 2. The lowest BCUT2D eigenvalue weighted by Crippen LogP contribution is -2.14. The molecule has 0 aliphatic carbocycles. The number of aromatic nitrogens is 1. The highest BCUT2D eigenvalue weighted by Gasteiger charge is 2.16. The predicted octanol–water partition coefficient (Wildman–Crippen LogP) is 4.12. The lowest BCUT2D eigenvalue weighted by atomic mass is 10.2. The number of aromatic carboxylic acids is 1. The van der Waals surface area contributed by atoms with Gasteiger partial charge in [0.05, 0.1) is 20.8 Å². The summed E-state index contributed by atoms with van der Waals surface area (Å²) in [5.41, 5.74) is -0.0293. The average molecular weight is 432 g/mol. The van der Waals surface area contributed by atoms with Gasteiger partial charge in [0, 0.05) is 15.4 Å². The molecule has 2 aromatic carbocycles. The molecule has 10 heteroatoms. The molecule has 0 fully saturated rings. The van der Waals surface area contributed by atoms with Crippen LogP contribution in [-0.4, -0.2) is 24.5 Å². The maximum atomic E-state index is 12.6. The molecule has 1 heterocycles. The van der Waals surface area contributed by atoms with Crippen molar-refractivity contribution in [2.24, 2.45) is 4.40 Å². The maximum Gasteiger partial charge on any atom is 0.352 e. The molecule has 0 bridgehead atoms. The second-order valence-electron chi connectivity index (χ2n) is 5.21. The fraction of sp³-hybridized carbons (Fsp3) is 0. The molecule has 6 nitrogen and oxygen atoms in total. The molecule has 0 amide bonds. The molecule has 0 saturated carbocycles. The zero-order valence-corrected chi connectivity index (χ0v) is 15.8. The summed E-state index contributed by atoms with van der Waals surface area (Å²) in [6.07, 6.45) is 0. The molecule has 0 saturated heterocycles. The summed E-state index contributed by atoms with van der Waals surface area (Å²) in [5.74, 6) is -1.29. The van der Waals surface area contributed by atoms with Gasteiger partial charge in [-0.1, -0.05) is 40.9 Å². The number of nitrogens with zero attached hydrogens (tertiary/aromatic N) is 1. The van der Waals surface area contributed by atoms with Crippen molar-refractivity contribution in [2.45, 2.75) is 4.90 Å². The van der Waals surface area contributed by atoms with E-state index in [4.69, 9.17) is 34.8 Å². The first-order valence-electron chi connectivity index (χ1n) is 6.99. The molecule has 0 aliphatic heterocycles. The fourth-order valence-electron chi connectivity index (χ4n) is 2.32. The van der Waals surface area contributed by atoms with Crippen LogP contribution < -0.4 is 5.36 Å². The number of halogens is 3. The quantitative estimate of drug-likeness (QED) is 0.651. The Morgan fingerprint density at radius 2 is 1.77 bits per heavy atom. The van der Waals surface area contributed by atoms with Crippen LogP contribution in [0.3, 0.4) is 0 Å². The zero-order valence-electron chi connectivity index (χ0n) is 12.7. The van der Waals surface area contributed by atoms with Crippen LogP contribution in [0, 0.1) is 0 Å². The average Bonchev–Trinajstić information content (AvgIpc) is 2.53. The van der Waals surface area contributed by atoms with E-state index in [2.05, 4.69) is 9.38 Å². The second-order valence-corrected chi connectivity index (χ2v) is 8.09. The van der Waals surface area contributed by atoms with E-state index in [0.29, 0.717) is 0 Å². The molecule has 0 spiro atoms. The summed E-state index contributed by atoms with van der Waals surface area (Å²) in [6.45, 7) is 0. The minimum atomic E-state index is -4.15. The van der Waals surface area contributed by atoms with Gasteiger partial charge in [-0.15, -0.1) is 0 Å². The Hall–Kier alpha value is -2.06. The molecule has 2 N–H and O–H groups in total. The van der Waals surface area contributed by atoms with Crippen molar-refractivity contribution in [2.75, 3.05) is 0 Å². The molecule has 0 radical (unpaired) electrons. The standard InChI is InChI=1S/C16H9Cl3N2O4S/c17-8-2-1-3-10(4-8)26(24,25)21-13-7-14(16(22)23)20-12-6-9(18)5-11(19)15(12)13/h1-7H,(H,20,21)(H,22,23). The van der Waals surface area contributed by atoms with E-state index in [1.165, 1.54) is 36.4 Å². The van der Waals surface area contributed by atoms with Gasteiger partial charge in [0.1, 0.15) is 5.69 Å². The smallest absolute Gasteiger partial charge is 0.352 e. The van der Waals surface area contributed by atoms with Gasteiger partial charge < -0.3 is 10.1 Å². The third kappa shape index (κ3) is 3.71. The van der Waals surface area contributed by atoms with Crippen LogP contribution >= 0.6 is 34.8 Å². The molecule has 1 aromatic heterocycles. The van der Waals surface area contributed by atoms with E-state index in [1.807, 2.05) is 0 Å². The summed E-state index contributed by atoms with van der Waals surface area (Å²) in [7, 11) is -4.15. The number of aromatic amines is 1. The highest BCUT2D eigenvalue weighted by Crippen LogP contribution is 2.25. The summed E-state index contributed by atoms with van der Waals surface area (Å²) < 4.78 is 29.0. The number of sulfonamides is 1. The number of carboxylic acids is 1. The van der Waals surface area contributed by atoms with Crippen LogP contribution in [0.5, 0.6) is 0 Å². The number of nitrogens with one attached hydrogen (secondary N) is 1. The number of carboxylic acid groups (broad SMARTS) is 1. The van der Waals surface area contributed by atoms with Gasteiger partial charge in [0.2, 0.25) is 0 Å². The molecule has 0 unspecified atom stereocenters. The highest BCUT2D eigenvalue weighted by atomic mass is 35.5. The van der Waals surface area contributed by atoms with Crippen molar-refractivity contribution in [1.82, 2.24) is 4.98 Å². The lowest BCUT2D eigenvalue weighted by Gasteiger charge is -2.06. The number of fused-ring (bicyclic) bond motifs is 1. The first kappa shape index (κ1) is 18.7. The van der Waals surface area contributed by atoms with Crippen LogP contribution in [0.4, 0.5) is 0 Å². The van der Waals surface area contributed by atoms with Crippen LogP contribution in [-0.2, 0) is 10.0 Å². The van der Waals surface area contributed by atoms with Gasteiger partial charge >= 0.3 is 5.97 Å². The maximum absolute atomic E-state index is 12.6. The van der Waals surface area contributed by atoms with E-state index < -0.39 is 16.0 Å². The molecule has 3 aromatic rings. The Kier molecular flexibility index (Phi) is 4.98. The number of hydrogen-bond acceptors (Lipinski definition) is 3. The Balaban J connectivity index is 2.39. The van der Waals surface area contributed by atoms with Gasteiger partial charge in [0.15, 0.2) is 0 Å². The summed E-state index contributed by atoms with van der Waals surface area (Å²) in [6, 6.07) is 9.50. The van der Waals surface area contributed by atoms with Crippen molar-refractivity contribution in [3.63, 3.8) is 0 Å². The largest absolute Gasteiger partial charge is 0.477 e. The number of H-pyrrole nitrogens is 1. The fourth-order valence-corrected chi connectivity index (χ4v) is 4.20. The van der Waals surface area contributed by atoms with Crippen LogP contribution in [0.25, 0.3) is 10.9 Å². The van der Waals surface area contributed by atoms with Crippen molar-refractivity contribution >= 4 is 61.7 Å². The third-order valence-electron chi connectivity index (χ3n) is 3.40. The van der Waals surface area contributed by atoms with Gasteiger partial charge in [-0.05, 0) is 36.4 Å². The van der Waals surface area contributed by atoms with E-state index in [1.54, 1.807) is 0 Å². The normalized spacial score (nSPS) is 12.5. The van der Waals surface area contributed by atoms with Crippen molar-refractivity contribution in [3.05, 3.63) is 68.6 Å². The van der Waals surface area contributed by atoms with Gasteiger partial charge in [-0.3, -0.25) is 0 Å². The van der Waals surface area contributed by atoms with E-state index in [9.17, 15) is 18.3 Å². The van der Waals surface area contributed by atoms with Gasteiger partial charge in [0.25, 0.3) is 10.0 Å². The number of rotatable bonds is 3. The molecule has 0 aliphatic rings. The topological polar surface area (TPSA) is 99.6 Å². The van der Waals surface area contributed by atoms with E-state index in [-0.39, 0.29) is 41.9 Å².